The molecule has 2 saturated heterocycles. The quantitative estimate of drug-likeness (QED) is 0.592. The second-order valence-electron chi connectivity index (χ2n) is 7.28. The van der Waals surface area contributed by atoms with Crippen LogP contribution in [0.2, 0.25) is 0 Å². The molecule has 134 valence electrons. The minimum Gasteiger partial charge on any atom is -0.458 e. The summed E-state index contributed by atoms with van der Waals surface area (Å²) in [5.74, 6) is -0.784. The van der Waals surface area contributed by atoms with Gasteiger partial charge in [-0.25, -0.2) is 4.79 Å². The Morgan fingerprint density at radius 2 is 1.96 bits per heavy atom. The van der Waals surface area contributed by atoms with Crippen molar-refractivity contribution in [3.05, 3.63) is 0 Å². The highest BCUT2D eigenvalue weighted by atomic mass is 32.2. The number of rotatable bonds is 4. The summed E-state index contributed by atoms with van der Waals surface area (Å²) in [7, 11) is -4.51. The van der Waals surface area contributed by atoms with Crippen LogP contribution in [0.1, 0.15) is 38.5 Å². The Balaban J connectivity index is 1.42. The van der Waals surface area contributed by atoms with Gasteiger partial charge in [-0.3, -0.25) is 9.35 Å². The van der Waals surface area contributed by atoms with Crippen molar-refractivity contribution in [2.24, 2.45) is 23.7 Å². The monoisotopic (exact) mass is 360 g/mol. The van der Waals surface area contributed by atoms with Gasteiger partial charge in [0.1, 0.15) is 12.2 Å². The lowest BCUT2D eigenvalue weighted by molar-refractivity contribution is -0.188. The summed E-state index contributed by atoms with van der Waals surface area (Å²) in [5.41, 5.74) is -1.59. The van der Waals surface area contributed by atoms with E-state index in [1.807, 2.05) is 0 Å². The van der Waals surface area contributed by atoms with Gasteiger partial charge in [0.25, 0.3) is 0 Å². The van der Waals surface area contributed by atoms with E-state index in [1.54, 1.807) is 0 Å². The second kappa shape index (κ2) is 5.59. The van der Waals surface area contributed by atoms with Gasteiger partial charge in [0.15, 0.2) is 0 Å². The molecule has 6 atom stereocenters. The van der Waals surface area contributed by atoms with Crippen LogP contribution in [0.15, 0.2) is 0 Å². The zero-order chi connectivity index (χ0) is 17.1. The molecule has 5 fully saturated rings. The van der Waals surface area contributed by atoms with Gasteiger partial charge in [-0.15, -0.1) is 0 Å². The summed E-state index contributed by atoms with van der Waals surface area (Å²) in [6.07, 6.45) is 2.19. The van der Waals surface area contributed by atoms with Crippen LogP contribution in [0.5, 0.6) is 0 Å². The highest BCUT2D eigenvalue weighted by Crippen LogP contribution is 2.55. The smallest absolute Gasteiger partial charge is 0.458 e. The fourth-order valence-corrected chi connectivity index (χ4v) is 5.89. The molecule has 0 aromatic heterocycles. The molecule has 4 bridgehead atoms. The maximum atomic E-state index is 12.1. The van der Waals surface area contributed by atoms with Gasteiger partial charge in [0.05, 0.1) is 5.92 Å². The molecular formula is C15H20O8S. The molecule has 1 N–H and O–H groups in total. The van der Waals surface area contributed by atoms with Crippen molar-refractivity contribution in [2.75, 3.05) is 0 Å². The van der Waals surface area contributed by atoms with Crippen molar-refractivity contribution in [3.8, 4) is 0 Å². The van der Waals surface area contributed by atoms with Gasteiger partial charge < -0.3 is 14.2 Å². The van der Waals surface area contributed by atoms with E-state index in [2.05, 4.69) is 0 Å². The number of esters is 1. The molecule has 0 radical (unpaired) electrons. The fourth-order valence-electron chi connectivity index (χ4n) is 4.93. The Morgan fingerprint density at radius 3 is 2.58 bits per heavy atom. The first-order valence-corrected chi connectivity index (χ1v) is 9.89. The maximum Gasteiger partial charge on any atom is 0.510 e. The SMILES string of the molecule is O=C(OC1C2CC3CC2C(=O)OC31)OC(C1CCCC1)S(=O)(=O)O. The van der Waals surface area contributed by atoms with Gasteiger partial charge in [-0.1, -0.05) is 12.8 Å². The second-order valence-corrected chi connectivity index (χ2v) is 8.78. The molecular weight excluding hydrogens is 340 g/mol. The molecule has 0 aromatic rings. The predicted octanol–water partition coefficient (Wildman–Crippen LogP) is 1.49. The molecule has 0 aromatic carbocycles. The number of carbonyl (C=O) groups excluding carboxylic acids is 2. The summed E-state index contributed by atoms with van der Waals surface area (Å²) < 4.78 is 48.0. The Hall–Kier alpha value is -1.35. The molecule has 0 spiro atoms. The van der Waals surface area contributed by atoms with Crippen LogP contribution in [0.3, 0.4) is 0 Å². The van der Waals surface area contributed by atoms with E-state index in [0.29, 0.717) is 12.8 Å². The van der Waals surface area contributed by atoms with Crippen LogP contribution in [-0.4, -0.2) is 42.7 Å². The maximum absolute atomic E-state index is 12.1. The highest BCUT2D eigenvalue weighted by Gasteiger charge is 2.63. The Bertz CT molecular complexity index is 650. The van der Waals surface area contributed by atoms with Crippen LogP contribution in [0, 0.1) is 23.7 Å². The summed E-state index contributed by atoms with van der Waals surface area (Å²) >= 11 is 0. The average Bonchev–Trinajstić information content (AvgIpc) is 3.19. The lowest BCUT2D eigenvalue weighted by Gasteiger charge is -2.39. The van der Waals surface area contributed by atoms with Crippen molar-refractivity contribution >= 4 is 22.2 Å². The molecule has 24 heavy (non-hydrogen) atoms. The highest BCUT2D eigenvalue weighted by molar-refractivity contribution is 7.86. The molecule has 9 heteroatoms. The van der Waals surface area contributed by atoms with Crippen molar-refractivity contribution in [2.45, 2.75) is 56.2 Å². The Labute approximate surface area is 139 Å². The number of hydrogen-bond donors (Lipinski definition) is 1. The van der Waals surface area contributed by atoms with Crippen molar-refractivity contribution in [1.29, 1.82) is 0 Å². The number of ether oxygens (including phenoxy) is 3. The number of fused-ring (bicyclic) bond motifs is 1. The third-order valence-corrected chi connectivity index (χ3v) is 7.01. The van der Waals surface area contributed by atoms with E-state index in [-0.39, 0.29) is 23.7 Å². The molecule has 8 nitrogen and oxygen atoms in total. The molecule has 2 aliphatic heterocycles. The normalized spacial score (nSPS) is 39.0. The largest absolute Gasteiger partial charge is 0.510 e. The van der Waals surface area contributed by atoms with Crippen LogP contribution in [0.25, 0.3) is 0 Å². The van der Waals surface area contributed by atoms with E-state index in [1.165, 1.54) is 0 Å². The van der Waals surface area contributed by atoms with Gasteiger partial charge >= 0.3 is 22.2 Å². The number of carbonyl (C=O) groups is 2. The summed E-state index contributed by atoms with van der Waals surface area (Å²) in [6.45, 7) is 0. The zero-order valence-corrected chi connectivity index (χ0v) is 13.8. The van der Waals surface area contributed by atoms with E-state index in [4.69, 9.17) is 14.2 Å². The lowest BCUT2D eigenvalue weighted by Crippen LogP contribution is -2.51. The first-order chi connectivity index (χ1) is 11.3. The van der Waals surface area contributed by atoms with Crippen molar-refractivity contribution in [1.82, 2.24) is 0 Å². The molecule has 0 amide bonds. The minimum atomic E-state index is -4.51. The van der Waals surface area contributed by atoms with Gasteiger partial charge in [-0.2, -0.15) is 8.42 Å². The fraction of sp³-hybridized carbons (Fsp3) is 0.867. The average molecular weight is 360 g/mol. The Morgan fingerprint density at radius 1 is 1.25 bits per heavy atom. The van der Waals surface area contributed by atoms with Crippen LogP contribution < -0.4 is 0 Å². The van der Waals surface area contributed by atoms with E-state index >= 15 is 0 Å². The third kappa shape index (κ3) is 2.57. The Kier molecular flexibility index (Phi) is 3.76. The van der Waals surface area contributed by atoms with E-state index < -0.39 is 39.8 Å². The molecule has 6 unspecified atom stereocenters. The first kappa shape index (κ1) is 16.1. The third-order valence-electron chi connectivity index (χ3n) is 5.94. The molecule has 2 heterocycles. The standard InChI is InChI=1S/C15H20O8S/c16-13-10-6-8-5-9(10)12(11(8)21-13)22-15(17)23-14(24(18,19)20)7-3-1-2-4-7/h7-12,14H,1-6H2,(H,18,19,20). The van der Waals surface area contributed by atoms with Gasteiger partial charge in [-0.05, 0) is 25.7 Å². The molecule has 3 saturated carbocycles. The predicted molar refractivity (Wildman–Crippen MR) is 78.2 cm³/mol. The van der Waals surface area contributed by atoms with E-state index in [9.17, 15) is 22.6 Å². The molecule has 3 aliphatic carbocycles. The van der Waals surface area contributed by atoms with E-state index in [0.717, 1.165) is 25.7 Å². The summed E-state index contributed by atoms with van der Waals surface area (Å²) in [5, 5.41) is 0. The number of hydrogen-bond acceptors (Lipinski definition) is 7. The minimum absolute atomic E-state index is 0.0792. The van der Waals surface area contributed by atoms with Crippen LogP contribution in [0.4, 0.5) is 4.79 Å². The first-order valence-electron chi connectivity index (χ1n) is 8.38. The molecule has 5 rings (SSSR count). The molecule has 5 aliphatic rings. The topological polar surface area (TPSA) is 116 Å². The lowest BCUT2D eigenvalue weighted by atomic mass is 9.82. The van der Waals surface area contributed by atoms with Crippen LogP contribution >= 0.6 is 0 Å². The van der Waals surface area contributed by atoms with Crippen LogP contribution in [-0.2, 0) is 29.1 Å². The zero-order valence-electron chi connectivity index (χ0n) is 13.0. The van der Waals surface area contributed by atoms with Crippen molar-refractivity contribution in [3.63, 3.8) is 0 Å². The van der Waals surface area contributed by atoms with Gasteiger partial charge in [0.2, 0.25) is 5.44 Å². The summed E-state index contributed by atoms with van der Waals surface area (Å²) in [4.78, 5) is 23.8. The summed E-state index contributed by atoms with van der Waals surface area (Å²) in [6, 6.07) is 0. The van der Waals surface area contributed by atoms with Crippen molar-refractivity contribution < 1.29 is 36.8 Å². The van der Waals surface area contributed by atoms with Gasteiger partial charge in [0, 0.05) is 17.8 Å².